The van der Waals surface area contributed by atoms with Gasteiger partial charge in [-0.05, 0) is 19.1 Å². The van der Waals surface area contributed by atoms with Crippen LogP contribution in [0, 0.1) is 0 Å². The monoisotopic (exact) mass is 252 g/mol. The van der Waals surface area contributed by atoms with Crippen LogP contribution in [-0.4, -0.2) is 36.2 Å². The fourth-order valence-electron chi connectivity index (χ4n) is 1.36. The van der Waals surface area contributed by atoms with E-state index >= 15 is 0 Å². The lowest BCUT2D eigenvalue weighted by Crippen LogP contribution is -2.44. The highest BCUT2D eigenvalue weighted by molar-refractivity contribution is 6.00. The summed E-state index contributed by atoms with van der Waals surface area (Å²) >= 11 is 0. The Balaban J connectivity index is 2.74. The number of nitrogen functional groups attached to an aromatic ring is 1. The van der Waals surface area contributed by atoms with Gasteiger partial charge in [0.15, 0.2) is 6.04 Å². The highest BCUT2D eigenvalue weighted by Crippen LogP contribution is 2.10. The molecule has 1 amide bonds. The Labute approximate surface area is 105 Å². The van der Waals surface area contributed by atoms with E-state index in [2.05, 4.69) is 5.32 Å². The topological polar surface area (TPSA) is 102 Å². The molecule has 18 heavy (non-hydrogen) atoms. The third-order valence-electron chi connectivity index (χ3n) is 2.26. The molecule has 0 spiro atoms. The second-order valence-corrected chi connectivity index (χ2v) is 3.55. The summed E-state index contributed by atoms with van der Waals surface area (Å²) < 4.78 is 4.72. The Morgan fingerprint density at radius 1 is 1.44 bits per heavy atom. The van der Waals surface area contributed by atoms with Crippen molar-refractivity contribution in [2.75, 3.05) is 18.9 Å². The van der Waals surface area contributed by atoms with Gasteiger partial charge in [0, 0.05) is 5.69 Å². The molecular formula is C12H16N2O4. The van der Waals surface area contributed by atoms with Crippen LogP contribution in [0.1, 0.15) is 17.3 Å². The lowest BCUT2D eigenvalue weighted by atomic mass is 10.1. The molecule has 0 radical (unpaired) electrons. The molecular weight excluding hydrogens is 236 g/mol. The third-order valence-corrected chi connectivity index (χ3v) is 2.26. The van der Waals surface area contributed by atoms with Gasteiger partial charge in [0.05, 0.1) is 18.8 Å². The molecule has 1 atom stereocenters. The lowest BCUT2D eigenvalue weighted by Gasteiger charge is -2.15. The van der Waals surface area contributed by atoms with Crippen LogP contribution in [0.15, 0.2) is 24.3 Å². The number of carbonyl (C=O) groups excluding carboxylic acids is 2. The highest BCUT2D eigenvalue weighted by Gasteiger charge is 2.22. The van der Waals surface area contributed by atoms with E-state index in [0.717, 1.165) is 0 Å². The van der Waals surface area contributed by atoms with Crippen molar-refractivity contribution in [2.24, 2.45) is 0 Å². The van der Waals surface area contributed by atoms with Gasteiger partial charge in [-0.2, -0.15) is 0 Å². The Morgan fingerprint density at radius 2 is 2.11 bits per heavy atom. The van der Waals surface area contributed by atoms with Crippen molar-refractivity contribution < 1.29 is 19.4 Å². The summed E-state index contributed by atoms with van der Waals surface area (Å²) in [4.78, 5) is 23.2. The summed E-state index contributed by atoms with van der Waals surface area (Å²) in [7, 11) is 0. The number of esters is 1. The number of hydrogen-bond donors (Lipinski definition) is 3. The van der Waals surface area contributed by atoms with Gasteiger partial charge in [-0.3, -0.25) is 4.79 Å². The van der Waals surface area contributed by atoms with E-state index in [4.69, 9.17) is 15.6 Å². The smallest absolute Gasteiger partial charge is 0.331 e. The average molecular weight is 252 g/mol. The number of nitrogens with two attached hydrogens (primary N) is 1. The zero-order valence-electron chi connectivity index (χ0n) is 10.1. The first-order chi connectivity index (χ1) is 8.60. The van der Waals surface area contributed by atoms with E-state index in [1.54, 1.807) is 25.1 Å². The molecule has 0 aliphatic rings. The minimum absolute atomic E-state index is 0.179. The molecule has 0 saturated carbocycles. The molecule has 4 N–H and O–H groups in total. The maximum absolute atomic E-state index is 11.8. The van der Waals surface area contributed by atoms with Gasteiger partial charge in [-0.15, -0.1) is 0 Å². The van der Waals surface area contributed by atoms with Crippen LogP contribution in [0.5, 0.6) is 0 Å². The van der Waals surface area contributed by atoms with Gasteiger partial charge in [-0.25, -0.2) is 4.79 Å². The normalized spacial score (nSPS) is 11.7. The molecule has 1 rings (SSSR count). The molecule has 0 aliphatic carbocycles. The van der Waals surface area contributed by atoms with E-state index in [0.29, 0.717) is 5.69 Å². The highest BCUT2D eigenvalue weighted by atomic mass is 16.5. The van der Waals surface area contributed by atoms with Gasteiger partial charge >= 0.3 is 5.97 Å². The number of carbonyl (C=O) groups is 2. The third kappa shape index (κ3) is 3.46. The summed E-state index contributed by atoms with van der Waals surface area (Å²) in [5.41, 5.74) is 6.19. The number of ether oxygens (including phenoxy) is 1. The van der Waals surface area contributed by atoms with Crippen LogP contribution in [0.25, 0.3) is 0 Å². The molecule has 1 aromatic carbocycles. The number of hydrogen-bond acceptors (Lipinski definition) is 5. The molecule has 0 bridgehead atoms. The first kappa shape index (κ1) is 14.0. The second-order valence-electron chi connectivity index (χ2n) is 3.55. The molecule has 6 heteroatoms. The van der Waals surface area contributed by atoms with Crippen molar-refractivity contribution in [3.63, 3.8) is 0 Å². The zero-order chi connectivity index (χ0) is 13.5. The summed E-state index contributed by atoms with van der Waals surface area (Å²) in [5.74, 6) is -1.21. The number of amides is 1. The summed E-state index contributed by atoms with van der Waals surface area (Å²) in [6.07, 6.45) is 0. The van der Waals surface area contributed by atoms with E-state index < -0.39 is 24.5 Å². The van der Waals surface area contributed by atoms with E-state index in [1.807, 2.05) is 0 Å². The van der Waals surface area contributed by atoms with Gasteiger partial charge < -0.3 is 20.9 Å². The molecule has 0 unspecified atom stereocenters. The number of para-hydroxylation sites is 1. The fraction of sp³-hybridized carbons (Fsp3) is 0.333. The molecule has 0 heterocycles. The van der Waals surface area contributed by atoms with Gasteiger partial charge in [0.25, 0.3) is 5.91 Å². The SMILES string of the molecule is CCOC(=O)[C@H](CO)NC(=O)c1ccccc1N. The Morgan fingerprint density at radius 3 is 2.67 bits per heavy atom. The average Bonchev–Trinajstić information content (AvgIpc) is 2.36. The lowest BCUT2D eigenvalue weighted by molar-refractivity contribution is -0.146. The van der Waals surface area contributed by atoms with Crippen molar-refractivity contribution in [3.8, 4) is 0 Å². The van der Waals surface area contributed by atoms with Gasteiger partial charge in [0.1, 0.15) is 0 Å². The number of benzene rings is 1. The molecule has 0 fully saturated rings. The van der Waals surface area contributed by atoms with Crippen LogP contribution in [-0.2, 0) is 9.53 Å². The molecule has 0 saturated heterocycles. The van der Waals surface area contributed by atoms with Crippen molar-refractivity contribution in [3.05, 3.63) is 29.8 Å². The Bertz CT molecular complexity index is 434. The van der Waals surface area contributed by atoms with E-state index in [1.165, 1.54) is 6.07 Å². The predicted molar refractivity (Wildman–Crippen MR) is 65.8 cm³/mol. The first-order valence-corrected chi connectivity index (χ1v) is 5.53. The van der Waals surface area contributed by atoms with Crippen LogP contribution in [0.3, 0.4) is 0 Å². The Hall–Kier alpha value is -2.08. The maximum Gasteiger partial charge on any atom is 0.331 e. The summed E-state index contributed by atoms with van der Waals surface area (Å²) in [5, 5.41) is 11.4. The molecule has 0 aliphatic heterocycles. The predicted octanol–water partition coefficient (Wildman–Crippen LogP) is -0.0774. The molecule has 1 aromatic rings. The molecule has 6 nitrogen and oxygen atoms in total. The number of nitrogens with one attached hydrogen (secondary N) is 1. The van der Waals surface area contributed by atoms with Crippen LogP contribution < -0.4 is 11.1 Å². The number of anilines is 1. The molecule has 0 aromatic heterocycles. The largest absolute Gasteiger partial charge is 0.464 e. The van der Waals surface area contributed by atoms with E-state index in [9.17, 15) is 9.59 Å². The second kappa shape index (κ2) is 6.61. The minimum atomic E-state index is -1.09. The van der Waals surface area contributed by atoms with Crippen molar-refractivity contribution >= 4 is 17.6 Å². The van der Waals surface area contributed by atoms with Crippen molar-refractivity contribution in [1.29, 1.82) is 0 Å². The van der Waals surface area contributed by atoms with Gasteiger partial charge in [-0.1, -0.05) is 12.1 Å². The fourth-order valence-corrected chi connectivity index (χ4v) is 1.36. The minimum Gasteiger partial charge on any atom is -0.464 e. The molecule has 98 valence electrons. The maximum atomic E-state index is 11.8. The number of aliphatic hydroxyl groups is 1. The van der Waals surface area contributed by atoms with Crippen LogP contribution in [0.2, 0.25) is 0 Å². The van der Waals surface area contributed by atoms with Crippen molar-refractivity contribution in [1.82, 2.24) is 5.32 Å². The zero-order valence-corrected chi connectivity index (χ0v) is 10.1. The Kier molecular flexibility index (Phi) is 5.13. The quantitative estimate of drug-likeness (QED) is 0.502. The van der Waals surface area contributed by atoms with Crippen LogP contribution >= 0.6 is 0 Å². The summed E-state index contributed by atoms with van der Waals surface area (Å²) in [6, 6.07) is 5.37. The number of aliphatic hydroxyl groups excluding tert-OH is 1. The number of rotatable bonds is 5. The summed E-state index contributed by atoms with van der Waals surface area (Å²) in [6.45, 7) is 1.29. The van der Waals surface area contributed by atoms with Gasteiger partial charge in [0.2, 0.25) is 0 Å². The van der Waals surface area contributed by atoms with E-state index in [-0.39, 0.29) is 12.2 Å². The van der Waals surface area contributed by atoms with Crippen molar-refractivity contribution in [2.45, 2.75) is 13.0 Å². The first-order valence-electron chi connectivity index (χ1n) is 5.53. The van der Waals surface area contributed by atoms with Crippen LogP contribution in [0.4, 0.5) is 5.69 Å². The standard InChI is InChI=1S/C12H16N2O4/c1-2-18-12(17)10(7-15)14-11(16)8-5-3-4-6-9(8)13/h3-6,10,15H,2,7,13H2,1H3,(H,14,16)/t10-/m0/s1.